The van der Waals surface area contributed by atoms with Crippen LogP contribution in [0.2, 0.25) is 0 Å². The highest BCUT2D eigenvalue weighted by Crippen LogP contribution is 2.30. The average Bonchev–Trinajstić information content (AvgIpc) is 2.84. The van der Waals surface area contributed by atoms with Crippen LogP contribution in [0.15, 0.2) is 54.6 Å². The molecule has 2 rings (SSSR count). The van der Waals surface area contributed by atoms with Gasteiger partial charge in [-0.25, -0.2) is 0 Å². The van der Waals surface area contributed by atoms with E-state index in [9.17, 15) is 0 Å². The molecule has 183 valence electrons. The van der Waals surface area contributed by atoms with Crippen LogP contribution >= 0.6 is 11.6 Å². The fourth-order valence-corrected chi connectivity index (χ4v) is 4.37. The molecule has 3 nitrogen and oxygen atoms in total. The van der Waals surface area contributed by atoms with Crippen molar-refractivity contribution < 1.29 is 0 Å². The Bertz CT molecular complexity index is 735. The van der Waals surface area contributed by atoms with Crippen LogP contribution in [0.5, 0.6) is 0 Å². The maximum Gasteiger partial charge on any atom is 0.0811 e. The quantitative estimate of drug-likeness (QED) is 0.176. The number of rotatable bonds is 18. The van der Waals surface area contributed by atoms with Crippen molar-refractivity contribution in [2.75, 3.05) is 25.0 Å². The van der Waals surface area contributed by atoms with Crippen molar-refractivity contribution in [1.29, 1.82) is 0 Å². The van der Waals surface area contributed by atoms with Crippen LogP contribution in [0.25, 0.3) is 0 Å². The predicted molar refractivity (Wildman–Crippen MR) is 147 cm³/mol. The molecule has 0 aromatic heterocycles. The summed E-state index contributed by atoms with van der Waals surface area (Å²) in [7, 11) is 2.10. The number of nitrogens with one attached hydrogen (secondary N) is 1. The van der Waals surface area contributed by atoms with Gasteiger partial charge >= 0.3 is 0 Å². The topological polar surface area (TPSA) is 29.4 Å². The summed E-state index contributed by atoms with van der Waals surface area (Å²) in [5, 5.41) is 8.94. The molecule has 0 fully saturated rings. The van der Waals surface area contributed by atoms with Crippen LogP contribution in [0.3, 0.4) is 0 Å². The molecule has 0 aliphatic heterocycles. The van der Waals surface area contributed by atoms with E-state index in [0.29, 0.717) is 6.04 Å². The van der Waals surface area contributed by atoms with E-state index in [1.165, 1.54) is 57.1 Å². The van der Waals surface area contributed by atoms with Gasteiger partial charge in [0.15, 0.2) is 0 Å². The smallest absolute Gasteiger partial charge is 0.0811 e. The van der Waals surface area contributed by atoms with Gasteiger partial charge in [-0.15, -0.1) is 11.6 Å². The van der Waals surface area contributed by atoms with Crippen LogP contribution in [-0.2, 0) is 0 Å². The molecule has 2 aromatic rings. The number of halogens is 1. The zero-order chi connectivity index (χ0) is 23.7. The van der Waals surface area contributed by atoms with Crippen molar-refractivity contribution in [2.45, 2.75) is 89.5 Å². The monoisotopic (exact) mass is 470 g/mol. The average molecular weight is 471 g/mol. The third kappa shape index (κ3) is 11.3. The molecule has 33 heavy (non-hydrogen) atoms. The van der Waals surface area contributed by atoms with Gasteiger partial charge in [-0.3, -0.25) is 5.32 Å². The van der Waals surface area contributed by atoms with Crippen molar-refractivity contribution in [3.8, 4) is 0 Å². The number of nitrogens with zero attached hydrogens (tertiary/aromatic N) is 2. The molecule has 0 saturated carbocycles. The first kappa shape index (κ1) is 27.5. The lowest BCUT2D eigenvalue weighted by Crippen LogP contribution is -2.33. The zero-order valence-corrected chi connectivity index (χ0v) is 21.9. The fourth-order valence-electron chi connectivity index (χ4n) is 4.24. The Balaban J connectivity index is 1.78. The van der Waals surface area contributed by atoms with E-state index >= 15 is 0 Å². The molecule has 0 saturated heterocycles. The SMILES string of the molecule is CCCCCCCCCC(CCC(C)Cl)NCC[N]c1ccccc1N(C)c1ccccc1. The highest BCUT2D eigenvalue weighted by Gasteiger charge is 2.12. The minimum Gasteiger partial charge on any atom is -0.343 e. The Morgan fingerprint density at radius 2 is 1.52 bits per heavy atom. The summed E-state index contributed by atoms with van der Waals surface area (Å²) in [5.74, 6) is 0. The standard InChI is InChI=1S/C29H45ClN3/c1-4-5-6-7-8-9-11-16-26(22-21-25(2)30)31-23-24-32-28-19-14-15-20-29(28)33(3)27-17-12-10-13-18-27/h10,12-15,17-20,25-26,31H,4-9,11,16,21-24H2,1-3H3. The minimum absolute atomic E-state index is 0.244. The number of unbranched alkanes of at least 4 members (excludes halogenated alkanes) is 6. The Hall–Kier alpha value is -1.71. The number of para-hydroxylation sites is 3. The molecule has 0 bridgehead atoms. The van der Waals surface area contributed by atoms with Crippen molar-refractivity contribution in [1.82, 2.24) is 10.6 Å². The summed E-state index contributed by atoms with van der Waals surface area (Å²) in [6, 6.07) is 19.4. The van der Waals surface area contributed by atoms with Crippen LogP contribution in [0, 0.1) is 0 Å². The molecular weight excluding hydrogens is 426 g/mol. The summed E-state index contributed by atoms with van der Waals surface area (Å²) >= 11 is 6.24. The Morgan fingerprint density at radius 1 is 0.848 bits per heavy atom. The summed E-state index contributed by atoms with van der Waals surface area (Å²) in [4.78, 5) is 2.21. The predicted octanol–water partition coefficient (Wildman–Crippen LogP) is 8.20. The van der Waals surface area contributed by atoms with E-state index < -0.39 is 0 Å². The normalized spacial score (nSPS) is 13.0. The molecule has 0 aliphatic carbocycles. The summed E-state index contributed by atoms with van der Waals surface area (Å²) in [6.07, 6.45) is 13.0. The van der Waals surface area contributed by atoms with E-state index in [1.54, 1.807) is 0 Å². The Labute approximate surface area is 208 Å². The largest absolute Gasteiger partial charge is 0.343 e. The summed E-state index contributed by atoms with van der Waals surface area (Å²) in [6.45, 7) is 6.06. The van der Waals surface area contributed by atoms with E-state index in [4.69, 9.17) is 16.9 Å². The molecular formula is C29H45ClN3. The van der Waals surface area contributed by atoms with Gasteiger partial charge in [0.25, 0.3) is 0 Å². The maximum atomic E-state index is 6.24. The highest BCUT2D eigenvalue weighted by molar-refractivity contribution is 6.20. The van der Waals surface area contributed by atoms with Crippen LogP contribution in [-0.4, -0.2) is 31.6 Å². The van der Waals surface area contributed by atoms with Gasteiger partial charge in [-0.2, -0.15) is 0 Å². The van der Waals surface area contributed by atoms with Gasteiger partial charge in [-0.1, -0.05) is 82.2 Å². The van der Waals surface area contributed by atoms with E-state index in [0.717, 1.165) is 37.3 Å². The molecule has 0 heterocycles. The molecule has 1 radical (unpaired) electrons. The molecule has 1 N–H and O–H groups in total. The third-order valence-corrected chi connectivity index (χ3v) is 6.50. The van der Waals surface area contributed by atoms with E-state index in [1.807, 2.05) is 6.07 Å². The lowest BCUT2D eigenvalue weighted by molar-refractivity contribution is 0.420. The number of hydrogen-bond acceptors (Lipinski definition) is 2. The summed E-state index contributed by atoms with van der Waals surface area (Å²) < 4.78 is 0. The van der Waals surface area contributed by atoms with Crippen molar-refractivity contribution >= 4 is 28.7 Å². The molecule has 0 aliphatic rings. The van der Waals surface area contributed by atoms with Crippen molar-refractivity contribution in [3.63, 3.8) is 0 Å². The first-order valence-corrected chi connectivity index (χ1v) is 13.5. The number of alkyl halides is 1. The maximum absolute atomic E-state index is 6.24. The second-order valence-corrected chi connectivity index (χ2v) is 9.93. The van der Waals surface area contributed by atoms with Gasteiger partial charge in [0, 0.05) is 30.7 Å². The Kier molecular flexibility index (Phi) is 14.0. The zero-order valence-electron chi connectivity index (χ0n) is 21.1. The lowest BCUT2D eigenvalue weighted by atomic mass is 10.0. The molecule has 2 atom stereocenters. The molecule has 2 aromatic carbocycles. The van der Waals surface area contributed by atoms with E-state index in [2.05, 4.69) is 79.6 Å². The molecule has 2 unspecified atom stereocenters. The number of anilines is 2. The van der Waals surface area contributed by atoms with Gasteiger partial charge in [0.05, 0.1) is 17.9 Å². The lowest BCUT2D eigenvalue weighted by Gasteiger charge is -2.23. The second-order valence-electron chi connectivity index (χ2n) is 9.18. The van der Waals surface area contributed by atoms with Crippen molar-refractivity contribution in [2.24, 2.45) is 0 Å². The first-order valence-electron chi connectivity index (χ1n) is 13.0. The second kappa shape index (κ2) is 16.8. The Morgan fingerprint density at radius 3 is 2.24 bits per heavy atom. The fraction of sp³-hybridized carbons (Fsp3) is 0.586. The number of benzene rings is 2. The van der Waals surface area contributed by atoms with Gasteiger partial charge in [0.2, 0.25) is 0 Å². The third-order valence-electron chi connectivity index (χ3n) is 6.28. The minimum atomic E-state index is 0.244. The number of hydrogen-bond donors (Lipinski definition) is 1. The van der Waals surface area contributed by atoms with E-state index in [-0.39, 0.29) is 5.38 Å². The molecule has 0 amide bonds. The highest BCUT2D eigenvalue weighted by atomic mass is 35.5. The van der Waals surface area contributed by atoms with Gasteiger partial charge < -0.3 is 10.2 Å². The van der Waals surface area contributed by atoms with Gasteiger partial charge in [-0.05, 0) is 50.5 Å². The van der Waals surface area contributed by atoms with Crippen LogP contribution < -0.4 is 15.5 Å². The van der Waals surface area contributed by atoms with Crippen LogP contribution in [0.1, 0.15) is 78.1 Å². The van der Waals surface area contributed by atoms with Crippen LogP contribution in [0.4, 0.5) is 17.1 Å². The molecule has 0 spiro atoms. The van der Waals surface area contributed by atoms with Gasteiger partial charge in [0.1, 0.15) is 0 Å². The first-order chi connectivity index (χ1) is 16.1. The van der Waals surface area contributed by atoms with Crippen molar-refractivity contribution in [3.05, 3.63) is 54.6 Å². The summed E-state index contributed by atoms with van der Waals surface area (Å²) in [5.41, 5.74) is 3.35. The molecule has 4 heteroatoms.